The third-order valence-electron chi connectivity index (χ3n) is 5.26. The van der Waals surface area contributed by atoms with E-state index in [9.17, 15) is 14.7 Å². The van der Waals surface area contributed by atoms with Gasteiger partial charge in [-0.05, 0) is 41.5 Å². The maximum Gasteiger partial charge on any atom is 0.339 e. The van der Waals surface area contributed by atoms with Crippen molar-refractivity contribution in [2.24, 2.45) is 0 Å². The van der Waals surface area contributed by atoms with Crippen LogP contribution in [0.2, 0.25) is 0 Å². The van der Waals surface area contributed by atoms with Crippen LogP contribution in [0.1, 0.15) is 91.8 Å². The molecule has 2 aromatic rings. The van der Waals surface area contributed by atoms with Crippen LogP contribution in [0.3, 0.4) is 0 Å². The Morgan fingerprint density at radius 2 is 1.45 bits per heavy atom. The topological polar surface area (TPSA) is 86.6 Å². The minimum absolute atomic E-state index is 0.159. The second kappa shape index (κ2) is 12.1. The SMILES string of the molecule is CCCCCCCCCCCCNC(=O)c1ccc2cc(O)c(C(=O)O)cc2c1. The standard InChI is InChI=1S/C24H33NO4/c1-2-3-4-5-6-7-8-9-10-11-14-25-23(27)19-13-12-18-17-22(26)21(24(28)29)16-20(18)15-19/h12-13,15-17,26H,2-11,14H2,1H3,(H,25,27)(H,28,29). The van der Waals surface area contributed by atoms with Crippen LogP contribution in [0.25, 0.3) is 10.8 Å². The first-order valence-electron chi connectivity index (χ1n) is 10.8. The number of hydrogen-bond acceptors (Lipinski definition) is 3. The molecule has 3 N–H and O–H groups in total. The molecule has 1 amide bonds. The summed E-state index contributed by atoms with van der Waals surface area (Å²) in [5.41, 5.74) is 0.326. The van der Waals surface area contributed by atoms with Gasteiger partial charge in [0.05, 0.1) is 0 Å². The van der Waals surface area contributed by atoms with E-state index >= 15 is 0 Å². The molecule has 0 unspecified atom stereocenters. The van der Waals surface area contributed by atoms with E-state index < -0.39 is 5.97 Å². The van der Waals surface area contributed by atoms with E-state index in [1.165, 1.54) is 63.5 Å². The molecule has 0 radical (unpaired) electrons. The Balaban J connectivity index is 1.72. The van der Waals surface area contributed by atoms with Crippen LogP contribution in [-0.2, 0) is 0 Å². The highest BCUT2D eigenvalue weighted by Crippen LogP contribution is 2.26. The van der Waals surface area contributed by atoms with Gasteiger partial charge in [-0.25, -0.2) is 4.79 Å². The number of unbranched alkanes of at least 4 members (excludes halogenated alkanes) is 9. The predicted octanol–water partition coefficient (Wildman–Crippen LogP) is 5.89. The average Bonchev–Trinajstić information content (AvgIpc) is 2.70. The van der Waals surface area contributed by atoms with Crippen molar-refractivity contribution in [2.75, 3.05) is 6.54 Å². The summed E-state index contributed by atoms with van der Waals surface area (Å²) in [5.74, 6) is -1.63. The number of hydrogen-bond donors (Lipinski definition) is 3. The summed E-state index contributed by atoms with van der Waals surface area (Å²) in [6, 6.07) is 7.87. The fourth-order valence-electron chi connectivity index (χ4n) is 3.51. The molecule has 0 saturated heterocycles. The van der Waals surface area contributed by atoms with Gasteiger partial charge in [0.15, 0.2) is 0 Å². The Bertz CT molecular complexity index is 816. The summed E-state index contributed by atoms with van der Waals surface area (Å²) in [7, 11) is 0. The van der Waals surface area contributed by atoms with Gasteiger partial charge >= 0.3 is 5.97 Å². The third kappa shape index (κ3) is 7.41. The molecule has 0 bridgehead atoms. The van der Waals surface area contributed by atoms with Crippen molar-refractivity contribution < 1.29 is 19.8 Å². The van der Waals surface area contributed by atoms with Crippen molar-refractivity contribution in [1.29, 1.82) is 0 Å². The van der Waals surface area contributed by atoms with Gasteiger partial charge in [0.2, 0.25) is 0 Å². The van der Waals surface area contributed by atoms with E-state index in [4.69, 9.17) is 5.11 Å². The molecular formula is C24H33NO4. The number of aromatic hydroxyl groups is 1. The van der Waals surface area contributed by atoms with Crippen LogP contribution >= 0.6 is 0 Å². The van der Waals surface area contributed by atoms with Gasteiger partial charge in [-0.1, -0.05) is 70.8 Å². The van der Waals surface area contributed by atoms with E-state index in [1.54, 1.807) is 18.2 Å². The highest BCUT2D eigenvalue weighted by molar-refractivity contribution is 6.01. The van der Waals surface area contributed by atoms with E-state index in [-0.39, 0.29) is 17.2 Å². The Morgan fingerprint density at radius 3 is 2.07 bits per heavy atom. The molecule has 5 nitrogen and oxygen atoms in total. The zero-order valence-corrected chi connectivity index (χ0v) is 17.4. The first-order chi connectivity index (χ1) is 14.0. The van der Waals surface area contributed by atoms with Crippen molar-refractivity contribution in [3.05, 3.63) is 41.5 Å². The smallest absolute Gasteiger partial charge is 0.339 e. The van der Waals surface area contributed by atoms with E-state index in [1.807, 2.05) is 0 Å². The molecule has 0 aromatic heterocycles. The number of carbonyl (C=O) groups is 2. The van der Waals surface area contributed by atoms with Crippen LogP contribution in [0.5, 0.6) is 5.75 Å². The van der Waals surface area contributed by atoms with Crippen LogP contribution in [-0.4, -0.2) is 28.6 Å². The molecule has 0 aliphatic heterocycles. The molecule has 0 saturated carbocycles. The highest BCUT2D eigenvalue weighted by atomic mass is 16.4. The molecule has 5 heteroatoms. The lowest BCUT2D eigenvalue weighted by Crippen LogP contribution is -2.24. The molecule has 2 aromatic carbocycles. The fourth-order valence-corrected chi connectivity index (χ4v) is 3.51. The second-order valence-electron chi connectivity index (χ2n) is 7.67. The summed E-state index contributed by atoms with van der Waals surface area (Å²) in [4.78, 5) is 23.5. The molecule has 0 heterocycles. The van der Waals surface area contributed by atoms with Gasteiger partial charge in [-0.15, -0.1) is 0 Å². The number of rotatable bonds is 13. The molecule has 158 valence electrons. The number of carboxylic acid groups (broad SMARTS) is 1. The minimum Gasteiger partial charge on any atom is -0.507 e. The van der Waals surface area contributed by atoms with E-state index in [2.05, 4.69) is 12.2 Å². The van der Waals surface area contributed by atoms with Crippen LogP contribution in [0.15, 0.2) is 30.3 Å². The van der Waals surface area contributed by atoms with Crippen LogP contribution < -0.4 is 5.32 Å². The minimum atomic E-state index is -1.19. The van der Waals surface area contributed by atoms with Gasteiger partial charge in [0.1, 0.15) is 11.3 Å². The number of nitrogens with one attached hydrogen (secondary N) is 1. The van der Waals surface area contributed by atoms with Gasteiger partial charge in [-0.2, -0.15) is 0 Å². The average molecular weight is 400 g/mol. The molecule has 0 spiro atoms. The number of benzene rings is 2. The maximum atomic E-state index is 12.4. The van der Waals surface area contributed by atoms with Crippen molar-refractivity contribution in [3.8, 4) is 5.75 Å². The normalized spacial score (nSPS) is 10.9. The predicted molar refractivity (Wildman–Crippen MR) is 117 cm³/mol. The number of carboxylic acids is 1. The number of fused-ring (bicyclic) bond motifs is 1. The van der Waals surface area contributed by atoms with Crippen molar-refractivity contribution in [2.45, 2.75) is 71.1 Å². The summed E-state index contributed by atoms with van der Waals surface area (Å²) in [5, 5.41) is 23.1. The lowest BCUT2D eigenvalue weighted by molar-refractivity contribution is 0.0693. The van der Waals surface area contributed by atoms with Gasteiger partial charge in [0, 0.05) is 12.1 Å². The summed E-state index contributed by atoms with van der Waals surface area (Å²) < 4.78 is 0. The Labute approximate surface area is 173 Å². The third-order valence-corrected chi connectivity index (χ3v) is 5.26. The lowest BCUT2D eigenvalue weighted by Gasteiger charge is -2.08. The molecule has 0 aliphatic carbocycles. The summed E-state index contributed by atoms with van der Waals surface area (Å²) >= 11 is 0. The zero-order chi connectivity index (χ0) is 21.1. The number of aromatic carboxylic acids is 1. The second-order valence-corrected chi connectivity index (χ2v) is 7.67. The maximum absolute atomic E-state index is 12.4. The molecule has 29 heavy (non-hydrogen) atoms. The monoisotopic (exact) mass is 399 g/mol. The van der Waals surface area contributed by atoms with Gasteiger partial charge in [0.25, 0.3) is 5.91 Å². The first kappa shape index (κ1) is 22.7. The molecule has 2 rings (SSSR count). The lowest BCUT2D eigenvalue weighted by atomic mass is 10.0. The van der Waals surface area contributed by atoms with Crippen molar-refractivity contribution >= 4 is 22.6 Å². The number of carbonyl (C=O) groups excluding carboxylic acids is 1. The first-order valence-corrected chi connectivity index (χ1v) is 10.8. The molecule has 0 aliphatic rings. The van der Waals surface area contributed by atoms with E-state index in [0.29, 0.717) is 22.9 Å². The van der Waals surface area contributed by atoms with Gasteiger partial charge < -0.3 is 15.5 Å². The largest absolute Gasteiger partial charge is 0.507 e. The Morgan fingerprint density at radius 1 is 0.828 bits per heavy atom. The molecule has 0 fully saturated rings. The fraction of sp³-hybridized carbons (Fsp3) is 0.500. The van der Waals surface area contributed by atoms with Crippen LogP contribution in [0, 0.1) is 0 Å². The van der Waals surface area contributed by atoms with Crippen molar-refractivity contribution in [3.63, 3.8) is 0 Å². The van der Waals surface area contributed by atoms with Gasteiger partial charge in [-0.3, -0.25) is 4.79 Å². The quantitative estimate of drug-likeness (QED) is 0.366. The Hall–Kier alpha value is -2.56. The Kier molecular flexibility index (Phi) is 9.48. The molecular weight excluding hydrogens is 366 g/mol. The summed E-state index contributed by atoms with van der Waals surface area (Å²) in [6.07, 6.45) is 12.5. The number of phenols is 1. The molecule has 0 atom stereocenters. The van der Waals surface area contributed by atoms with E-state index in [0.717, 1.165) is 12.8 Å². The zero-order valence-electron chi connectivity index (χ0n) is 17.4. The summed E-state index contributed by atoms with van der Waals surface area (Å²) in [6.45, 7) is 2.88. The van der Waals surface area contributed by atoms with Crippen molar-refractivity contribution in [1.82, 2.24) is 5.32 Å². The highest BCUT2D eigenvalue weighted by Gasteiger charge is 2.12. The number of amides is 1. The van der Waals surface area contributed by atoms with Crippen LogP contribution in [0.4, 0.5) is 0 Å².